The minimum atomic E-state index is 0.0546. The summed E-state index contributed by atoms with van der Waals surface area (Å²) < 4.78 is 1.08. The molecule has 0 bridgehead atoms. The van der Waals surface area contributed by atoms with Crippen molar-refractivity contribution in [2.24, 2.45) is 5.73 Å². The molecule has 100 valence electrons. The van der Waals surface area contributed by atoms with Gasteiger partial charge in [-0.2, -0.15) is 0 Å². The molecule has 0 saturated heterocycles. The summed E-state index contributed by atoms with van der Waals surface area (Å²) in [5, 5.41) is 0.818. The fraction of sp³-hybridized carbons (Fsp3) is 0.200. The van der Waals surface area contributed by atoms with Crippen LogP contribution < -0.4 is 5.73 Å². The number of benzene rings is 2. The van der Waals surface area contributed by atoms with Gasteiger partial charge in [0.1, 0.15) is 0 Å². The molecule has 0 heterocycles. The zero-order valence-electron chi connectivity index (χ0n) is 10.6. The predicted molar refractivity (Wildman–Crippen MR) is 87.8 cm³/mol. The molecule has 0 spiro atoms. The van der Waals surface area contributed by atoms with Gasteiger partial charge >= 0.3 is 0 Å². The molecule has 2 N–H and O–H groups in total. The molecule has 0 aromatic heterocycles. The summed E-state index contributed by atoms with van der Waals surface area (Å²) in [6.07, 6.45) is 0. The molecule has 2 aromatic carbocycles. The Morgan fingerprint density at radius 3 is 2.63 bits per heavy atom. The minimum absolute atomic E-state index is 0.0546. The summed E-state index contributed by atoms with van der Waals surface area (Å²) in [5.74, 6) is 0.857. The molecule has 0 saturated carbocycles. The first-order valence-electron chi connectivity index (χ1n) is 5.99. The van der Waals surface area contributed by atoms with E-state index >= 15 is 0 Å². The highest BCUT2D eigenvalue weighted by atomic mass is 79.9. The third-order valence-corrected chi connectivity index (χ3v) is 5.23. The minimum Gasteiger partial charge on any atom is -0.324 e. The van der Waals surface area contributed by atoms with E-state index in [0.29, 0.717) is 0 Å². The third kappa shape index (κ3) is 3.99. The van der Waals surface area contributed by atoms with Crippen molar-refractivity contribution in [3.63, 3.8) is 0 Å². The Morgan fingerprint density at radius 1 is 1.26 bits per heavy atom. The van der Waals surface area contributed by atoms with Gasteiger partial charge in [0.05, 0.1) is 0 Å². The van der Waals surface area contributed by atoms with E-state index in [1.165, 1.54) is 4.90 Å². The molecular formula is C15H15BrClNS. The van der Waals surface area contributed by atoms with Gasteiger partial charge in [-0.3, -0.25) is 0 Å². The van der Waals surface area contributed by atoms with Crippen LogP contribution in [0.5, 0.6) is 0 Å². The molecule has 0 unspecified atom stereocenters. The number of nitrogens with two attached hydrogens (primary N) is 1. The molecule has 19 heavy (non-hydrogen) atoms. The largest absolute Gasteiger partial charge is 0.324 e. The van der Waals surface area contributed by atoms with E-state index in [9.17, 15) is 0 Å². The van der Waals surface area contributed by atoms with Crippen molar-refractivity contribution < 1.29 is 0 Å². The van der Waals surface area contributed by atoms with Crippen molar-refractivity contribution in [2.75, 3.05) is 0 Å². The van der Waals surface area contributed by atoms with Gasteiger partial charge in [-0.1, -0.05) is 35.9 Å². The number of halogens is 2. The second kappa shape index (κ2) is 6.80. The van der Waals surface area contributed by atoms with Gasteiger partial charge in [-0.15, -0.1) is 11.8 Å². The van der Waals surface area contributed by atoms with Crippen LogP contribution in [0, 0.1) is 0 Å². The van der Waals surface area contributed by atoms with Gasteiger partial charge < -0.3 is 5.73 Å². The Morgan fingerprint density at radius 2 is 2.00 bits per heavy atom. The van der Waals surface area contributed by atoms with E-state index < -0.39 is 0 Å². The first kappa shape index (κ1) is 14.9. The second-order valence-corrected chi connectivity index (χ2v) is 6.64. The summed E-state index contributed by atoms with van der Waals surface area (Å²) in [6.45, 7) is 1.98. The van der Waals surface area contributed by atoms with Crippen LogP contribution in [-0.4, -0.2) is 0 Å². The highest BCUT2D eigenvalue weighted by Crippen LogP contribution is 2.33. The van der Waals surface area contributed by atoms with Gasteiger partial charge in [0.2, 0.25) is 0 Å². The molecule has 1 nitrogen and oxygen atoms in total. The van der Waals surface area contributed by atoms with Crippen LogP contribution in [0.3, 0.4) is 0 Å². The Hall–Kier alpha value is -0.480. The molecule has 0 amide bonds. The Bertz CT molecular complexity index is 572. The standard InChI is InChI=1S/C15H15BrClNS/c1-10(18)11-6-7-15(13(16)8-11)19-9-12-4-2-3-5-14(12)17/h2-8,10H,9,18H2,1H3/t10-/m1/s1. The number of hydrogen-bond donors (Lipinski definition) is 1. The van der Waals surface area contributed by atoms with Crippen molar-refractivity contribution in [3.8, 4) is 0 Å². The van der Waals surface area contributed by atoms with E-state index in [2.05, 4.69) is 40.2 Å². The van der Waals surface area contributed by atoms with Crippen molar-refractivity contribution in [1.82, 2.24) is 0 Å². The van der Waals surface area contributed by atoms with Crippen LogP contribution in [0.1, 0.15) is 24.1 Å². The molecular weight excluding hydrogens is 342 g/mol. The summed E-state index contributed by atoms with van der Waals surface area (Å²) in [7, 11) is 0. The van der Waals surface area contributed by atoms with Crippen molar-refractivity contribution in [1.29, 1.82) is 0 Å². The maximum atomic E-state index is 6.16. The quantitative estimate of drug-likeness (QED) is 0.741. The molecule has 1 atom stereocenters. The van der Waals surface area contributed by atoms with Gasteiger partial charge in [-0.25, -0.2) is 0 Å². The monoisotopic (exact) mass is 355 g/mol. The second-order valence-electron chi connectivity index (χ2n) is 4.36. The normalized spacial score (nSPS) is 12.4. The topological polar surface area (TPSA) is 26.0 Å². The van der Waals surface area contributed by atoms with Gasteiger partial charge in [0, 0.05) is 26.2 Å². The molecule has 0 radical (unpaired) electrons. The number of thioether (sulfide) groups is 1. The lowest BCUT2D eigenvalue weighted by Crippen LogP contribution is -2.04. The third-order valence-electron chi connectivity index (χ3n) is 2.82. The summed E-state index contributed by atoms with van der Waals surface area (Å²) in [5.41, 5.74) is 8.16. The maximum absolute atomic E-state index is 6.16. The predicted octanol–water partition coefficient (Wildman–Crippen LogP) is 5.41. The van der Waals surface area contributed by atoms with E-state index in [1.54, 1.807) is 11.8 Å². The zero-order chi connectivity index (χ0) is 13.8. The number of rotatable bonds is 4. The fourth-order valence-corrected chi connectivity index (χ4v) is 3.63. The van der Waals surface area contributed by atoms with Crippen LogP contribution in [0.25, 0.3) is 0 Å². The maximum Gasteiger partial charge on any atom is 0.0446 e. The van der Waals surface area contributed by atoms with Crippen LogP contribution in [0.4, 0.5) is 0 Å². The smallest absolute Gasteiger partial charge is 0.0446 e. The summed E-state index contributed by atoms with van der Waals surface area (Å²) >= 11 is 11.5. The van der Waals surface area contributed by atoms with Gasteiger partial charge in [0.15, 0.2) is 0 Å². The van der Waals surface area contributed by atoms with Crippen LogP contribution in [0.2, 0.25) is 5.02 Å². The molecule has 0 aliphatic heterocycles. The summed E-state index contributed by atoms with van der Waals surface area (Å²) in [6, 6.07) is 14.2. The lowest BCUT2D eigenvalue weighted by atomic mass is 10.1. The van der Waals surface area contributed by atoms with E-state index in [4.69, 9.17) is 17.3 Å². The average molecular weight is 357 g/mol. The Kier molecular flexibility index (Phi) is 5.34. The van der Waals surface area contributed by atoms with Crippen LogP contribution in [0.15, 0.2) is 51.8 Å². The first-order valence-corrected chi connectivity index (χ1v) is 8.15. The summed E-state index contributed by atoms with van der Waals surface area (Å²) in [4.78, 5) is 1.20. The van der Waals surface area contributed by atoms with E-state index in [0.717, 1.165) is 26.4 Å². The molecule has 2 aromatic rings. The highest BCUT2D eigenvalue weighted by molar-refractivity contribution is 9.10. The number of hydrogen-bond acceptors (Lipinski definition) is 2. The van der Waals surface area contributed by atoms with Crippen molar-refractivity contribution >= 4 is 39.3 Å². The highest BCUT2D eigenvalue weighted by Gasteiger charge is 2.06. The van der Waals surface area contributed by atoms with Gasteiger partial charge in [0.25, 0.3) is 0 Å². The molecule has 0 aliphatic rings. The van der Waals surface area contributed by atoms with Crippen molar-refractivity contribution in [2.45, 2.75) is 23.6 Å². The lowest BCUT2D eigenvalue weighted by molar-refractivity contribution is 0.815. The molecule has 0 aliphatic carbocycles. The fourth-order valence-electron chi connectivity index (χ4n) is 1.69. The zero-order valence-corrected chi connectivity index (χ0v) is 13.7. The molecule has 0 fully saturated rings. The van der Waals surface area contributed by atoms with E-state index in [1.807, 2.05) is 25.1 Å². The lowest BCUT2D eigenvalue weighted by Gasteiger charge is -2.10. The first-order chi connectivity index (χ1) is 9.08. The Balaban J connectivity index is 2.10. The van der Waals surface area contributed by atoms with E-state index in [-0.39, 0.29) is 6.04 Å². The Labute approximate surface area is 131 Å². The van der Waals surface area contributed by atoms with Crippen LogP contribution in [-0.2, 0) is 5.75 Å². The van der Waals surface area contributed by atoms with Gasteiger partial charge in [-0.05, 0) is 52.2 Å². The molecule has 4 heteroatoms. The SMILES string of the molecule is C[C@@H](N)c1ccc(SCc2ccccc2Cl)c(Br)c1. The molecule has 2 rings (SSSR count). The van der Waals surface area contributed by atoms with Crippen LogP contribution >= 0.6 is 39.3 Å². The van der Waals surface area contributed by atoms with Crippen molar-refractivity contribution in [3.05, 3.63) is 63.1 Å². The average Bonchev–Trinajstić information content (AvgIpc) is 2.39.